The first kappa shape index (κ1) is 12.5. The number of halogens is 3. The number of alkyl halides is 3. The molecule has 0 bridgehead atoms. The second-order valence-corrected chi connectivity index (χ2v) is 3.33. The van der Waals surface area contributed by atoms with Crippen LogP contribution in [0.25, 0.3) is 0 Å². The maximum absolute atomic E-state index is 11.6. The van der Waals surface area contributed by atoms with Crippen LogP contribution < -0.4 is 0 Å². The van der Waals surface area contributed by atoms with Gasteiger partial charge in [0.2, 0.25) is 0 Å². The fourth-order valence-corrected chi connectivity index (χ4v) is 0.933. The molecule has 0 heterocycles. The van der Waals surface area contributed by atoms with Crippen LogP contribution in [-0.2, 0) is 15.3 Å². The van der Waals surface area contributed by atoms with E-state index >= 15 is 0 Å². The van der Waals surface area contributed by atoms with Gasteiger partial charge < -0.3 is 0 Å². The topological polar surface area (TPSA) is 26.3 Å². The molecule has 6 heteroatoms. The quantitative estimate of drug-likeness (QED) is 0.516. The van der Waals surface area contributed by atoms with Crippen LogP contribution in [0.1, 0.15) is 19.3 Å². The third-order valence-corrected chi connectivity index (χ3v) is 1.85. The highest BCUT2D eigenvalue weighted by atomic mass is 32.2. The smallest absolute Gasteiger partial charge is 0.284 e. The van der Waals surface area contributed by atoms with E-state index < -0.39 is 16.6 Å². The Morgan fingerprint density at radius 1 is 1.38 bits per heavy atom. The summed E-state index contributed by atoms with van der Waals surface area (Å²) in [6, 6.07) is 0. The summed E-state index contributed by atoms with van der Waals surface area (Å²) in [6.07, 6.45) is 6.35. The molecule has 0 radical (unpaired) electrons. The molecule has 0 aliphatic heterocycles. The van der Waals surface area contributed by atoms with E-state index in [2.05, 4.69) is 10.1 Å². The van der Waals surface area contributed by atoms with Crippen LogP contribution in [0.5, 0.6) is 0 Å². The monoisotopic (exact) mass is 214 g/mol. The van der Waals surface area contributed by atoms with Crippen molar-refractivity contribution in [2.75, 3.05) is 6.61 Å². The van der Waals surface area contributed by atoms with Gasteiger partial charge in [0.1, 0.15) is 0 Å². The molecule has 2 nitrogen and oxygen atoms in total. The van der Waals surface area contributed by atoms with E-state index in [1.807, 2.05) is 0 Å². The van der Waals surface area contributed by atoms with Gasteiger partial charge in [0.25, 0.3) is 11.1 Å². The molecule has 0 N–H and O–H groups in total. The minimum Gasteiger partial charge on any atom is -0.284 e. The maximum atomic E-state index is 11.6. The number of unbranched alkanes of at least 4 members (excludes halogenated alkanes) is 2. The minimum atomic E-state index is -4.79. The van der Waals surface area contributed by atoms with E-state index in [1.54, 1.807) is 0 Å². The summed E-state index contributed by atoms with van der Waals surface area (Å²) in [5.41, 5.74) is -4.79. The molecule has 0 aromatic rings. The number of terminal acetylenes is 1. The van der Waals surface area contributed by atoms with Crippen molar-refractivity contribution >= 4 is 11.1 Å². The SMILES string of the molecule is C#CCCCCOS(=O)C(F)(F)F. The largest absolute Gasteiger partial charge is 0.497 e. The first-order valence-electron chi connectivity index (χ1n) is 3.54. The second kappa shape index (κ2) is 6.00. The predicted molar refractivity (Wildman–Crippen MR) is 42.8 cm³/mol. The molecular formula is C7H9F3O2S. The number of rotatable bonds is 5. The minimum absolute atomic E-state index is 0.187. The maximum Gasteiger partial charge on any atom is 0.497 e. The average Bonchev–Trinajstić information content (AvgIpc) is 2.02. The molecule has 0 aromatic heterocycles. The molecule has 13 heavy (non-hydrogen) atoms. The first-order valence-corrected chi connectivity index (χ1v) is 4.61. The van der Waals surface area contributed by atoms with Crippen LogP contribution in [0, 0.1) is 12.3 Å². The van der Waals surface area contributed by atoms with Gasteiger partial charge >= 0.3 is 5.51 Å². The van der Waals surface area contributed by atoms with Gasteiger partial charge in [-0.15, -0.1) is 12.3 Å². The van der Waals surface area contributed by atoms with E-state index in [4.69, 9.17) is 6.42 Å². The van der Waals surface area contributed by atoms with E-state index in [-0.39, 0.29) is 6.61 Å². The van der Waals surface area contributed by atoms with Crippen LogP contribution >= 0.6 is 0 Å². The van der Waals surface area contributed by atoms with Gasteiger partial charge in [0.15, 0.2) is 0 Å². The summed E-state index contributed by atoms with van der Waals surface area (Å²) in [5.74, 6) is 2.33. The molecule has 76 valence electrons. The Labute approximate surface area is 77.1 Å². The van der Waals surface area contributed by atoms with Gasteiger partial charge in [0, 0.05) is 6.42 Å². The summed E-state index contributed by atoms with van der Waals surface area (Å²) in [6.45, 7) is -0.187. The van der Waals surface area contributed by atoms with Gasteiger partial charge in [-0.05, 0) is 12.8 Å². The molecule has 1 unspecified atom stereocenters. The van der Waals surface area contributed by atoms with Crippen LogP contribution in [0.15, 0.2) is 0 Å². The standard InChI is InChI=1S/C7H9F3O2S/c1-2-3-4-5-6-12-13(11)7(8,9)10/h1H,3-6H2. The Balaban J connectivity index is 3.45. The highest BCUT2D eigenvalue weighted by Crippen LogP contribution is 2.20. The molecule has 0 aliphatic carbocycles. The normalized spacial score (nSPS) is 13.7. The van der Waals surface area contributed by atoms with Crippen molar-refractivity contribution in [3.05, 3.63) is 0 Å². The van der Waals surface area contributed by atoms with Gasteiger partial charge in [0.05, 0.1) is 6.61 Å². The highest BCUT2D eigenvalue weighted by molar-refractivity contribution is 7.81. The van der Waals surface area contributed by atoms with Crippen LogP contribution in [0.3, 0.4) is 0 Å². The molecule has 1 atom stereocenters. The van der Waals surface area contributed by atoms with Crippen LogP contribution in [-0.4, -0.2) is 16.3 Å². The summed E-state index contributed by atoms with van der Waals surface area (Å²) < 4.78 is 49.0. The molecule has 0 aromatic carbocycles. The number of hydrogen-bond donors (Lipinski definition) is 0. The lowest BCUT2D eigenvalue weighted by Gasteiger charge is -2.05. The predicted octanol–water partition coefficient (Wildman–Crippen LogP) is 1.99. The Hall–Kier alpha value is -0.540. The second-order valence-electron chi connectivity index (χ2n) is 2.16. The van der Waals surface area contributed by atoms with Gasteiger partial charge in [-0.3, -0.25) is 4.18 Å². The summed E-state index contributed by atoms with van der Waals surface area (Å²) in [4.78, 5) is 0. The number of hydrogen-bond acceptors (Lipinski definition) is 2. The molecular weight excluding hydrogens is 205 g/mol. The Kier molecular flexibility index (Phi) is 5.75. The molecule has 0 fully saturated rings. The van der Waals surface area contributed by atoms with Crippen molar-refractivity contribution in [2.24, 2.45) is 0 Å². The molecule has 0 spiro atoms. The molecule has 0 saturated heterocycles. The van der Waals surface area contributed by atoms with Crippen molar-refractivity contribution in [2.45, 2.75) is 24.8 Å². The van der Waals surface area contributed by atoms with Crippen LogP contribution in [0.2, 0.25) is 0 Å². The van der Waals surface area contributed by atoms with E-state index in [1.165, 1.54) is 0 Å². The van der Waals surface area contributed by atoms with E-state index in [0.717, 1.165) is 0 Å². The molecule has 0 saturated carbocycles. The Morgan fingerprint density at radius 3 is 2.46 bits per heavy atom. The lowest BCUT2D eigenvalue weighted by molar-refractivity contribution is -0.0473. The van der Waals surface area contributed by atoms with E-state index in [0.29, 0.717) is 19.3 Å². The summed E-state index contributed by atoms with van der Waals surface area (Å²) >= 11 is -3.19. The lowest BCUT2D eigenvalue weighted by Crippen LogP contribution is -2.18. The third kappa shape index (κ3) is 6.61. The Bertz CT molecular complexity index is 207. The van der Waals surface area contributed by atoms with Crippen molar-refractivity contribution in [1.29, 1.82) is 0 Å². The Morgan fingerprint density at radius 2 is 2.00 bits per heavy atom. The zero-order chi connectivity index (χ0) is 10.3. The van der Waals surface area contributed by atoms with Gasteiger partial charge in [-0.1, -0.05) is 0 Å². The summed E-state index contributed by atoms with van der Waals surface area (Å²) in [7, 11) is 0. The van der Waals surface area contributed by atoms with E-state index in [9.17, 15) is 17.4 Å². The van der Waals surface area contributed by atoms with Gasteiger partial charge in [-0.25, -0.2) is 4.21 Å². The van der Waals surface area contributed by atoms with Crippen molar-refractivity contribution in [3.8, 4) is 12.3 Å². The van der Waals surface area contributed by atoms with Gasteiger partial charge in [-0.2, -0.15) is 13.2 Å². The molecule has 0 aliphatic rings. The highest BCUT2D eigenvalue weighted by Gasteiger charge is 2.38. The third-order valence-electron chi connectivity index (χ3n) is 1.09. The van der Waals surface area contributed by atoms with Crippen molar-refractivity contribution < 1.29 is 21.6 Å². The van der Waals surface area contributed by atoms with Crippen molar-refractivity contribution in [1.82, 2.24) is 0 Å². The average molecular weight is 214 g/mol. The molecule has 0 rings (SSSR count). The summed E-state index contributed by atoms with van der Waals surface area (Å²) in [5, 5.41) is 0. The van der Waals surface area contributed by atoms with Crippen LogP contribution in [0.4, 0.5) is 13.2 Å². The zero-order valence-electron chi connectivity index (χ0n) is 6.76. The fraction of sp³-hybridized carbons (Fsp3) is 0.714. The first-order chi connectivity index (χ1) is 5.98. The zero-order valence-corrected chi connectivity index (χ0v) is 7.58. The fourth-order valence-electron chi connectivity index (χ4n) is 0.531. The molecule has 0 amide bonds. The lowest BCUT2D eigenvalue weighted by atomic mass is 10.2. The van der Waals surface area contributed by atoms with Crippen molar-refractivity contribution in [3.63, 3.8) is 0 Å².